The second kappa shape index (κ2) is 8.44. The third kappa shape index (κ3) is 4.69. The number of likely N-dealkylation sites (tertiary alicyclic amines) is 1. The van der Waals surface area contributed by atoms with Crippen molar-refractivity contribution in [2.45, 2.75) is 18.8 Å². The maximum Gasteiger partial charge on any atom is 0.407 e. The maximum absolute atomic E-state index is 12.2. The first-order valence-corrected chi connectivity index (χ1v) is 8.85. The van der Waals surface area contributed by atoms with Crippen LogP contribution < -0.4 is 15.4 Å². The van der Waals surface area contributed by atoms with Crippen LogP contribution in [0.5, 0.6) is 5.75 Å². The Morgan fingerprint density at radius 1 is 1.04 bits per heavy atom. The number of urea groups is 1. The van der Waals surface area contributed by atoms with Crippen LogP contribution in [0.4, 0.5) is 21.0 Å². The quantitative estimate of drug-likeness (QED) is 0.753. The number of nitrogens with zero attached hydrogens (tertiary/aromatic N) is 1. The highest BCUT2D eigenvalue weighted by molar-refractivity contribution is 6.00. The molecule has 3 amide bonds. The van der Waals surface area contributed by atoms with E-state index in [2.05, 4.69) is 10.6 Å². The third-order valence-corrected chi connectivity index (χ3v) is 4.76. The Kier molecular flexibility index (Phi) is 5.80. The standard InChI is InChI=1S/C20H23N3O4/c1-27-18-5-3-2-4-17(18)22-19(24)21-16-8-6-14(7-9-16)15-10-12-23(13-11-15)20(25)26/h2-9,15H,10-13H2,1H3,(H,25,26)(H2,21,22,24). The highest BCUT2D eigenvalue weighted by Crippen LogP contribution is 2.29. The molecule has 0 aromatic heterocycles. The smallest absolute Gasteiger partial charge is 0.407 e. The number of carbonyl (C=O) groups is 2. The number of ether oxygens (including phenoxy) is 1. The summed E-state index contributed by atoms with van der Waals surface area (Å²) >= 11 is 0. The van der Waals surface area contributed by atoms with Gasteiger partial charge in [-0.05, 0) is 48.6 Å². The number of piperidine rings is 1. The molecule has 0 bridgehead atoms. The molecule has 7 heteroatoms. The van der Waals surface area contributed by atoms with Crippen LogP contribution in [0.1, 0.15) is 24.3 Å². The molecule has 0 aliphatic carbocycles. The minimum atomic E-state index is -0.853. The molecule has 1 aliphatic rings. The molecule has 7 nitrogen and oxygen atoms in total. The Labute approximate surface area is 157 Å². The Morgan fingerprint density at radius 3 is 2.33 bits per heavy atom. The molecule has 3 N–H and O–H groups in total. The molecule has 0 saturated carbocycles. The van der Waals surface area contributed by atoms with Gasteiger partial charge in [-0.1, -0.05) is 24.3 Å². The molecule has 1 saturated heterocycles. The second-order valence-electron chi connectivity index (χ2n) is 6.45. The first-order chi connectivity index (χ1) is 13.1. The number of nitrogens with one attached hydrogen (secondary N) is 2. The molecule has 142 valence electrons. The Morgan fingerprint density at radius 2 is 1.70 bits per heavy atom. The predicted molar refractivity (Wildman–Crippen MR) is 104 cm³/mol. The van der Waals surface area contributed by atoms with Crippen molar-refractivity contribution in [2.75, 3.05) is 30.8 Å². The second-order valence-corrected chi connectivity index (χ2v) is 6.45. The van der Waals surface area contributed by atoms with E-state index in [-0.39, 0.29) is 6.03 Å². The van der Waals surface area contributed by atoms with Gasteiger partial charge < -0.3 is 25.4 Å². The van der Waals surface area contributed by atoms with E-state index in [1.165, 1.54) is 4.90 Å². The van der Waals surface area contributed by atoms with Crippen LogP contribution in [0, 0.1) is 0 Å². The van der Waals surface area contributed by atoms with Gasteiger partial charge in [0.2, 0.25) is 0 Å². The van der Waals surface area contributed by atoms with Gasteiger partial charge in [0.1, 0.15) is 5.75 Å². The number of para-hydroxylation sites is 2. The Hall–Kier alpha value is -3.22. The summed E-state index contributed by atoms with van der Waals surface area (Å²) in [6, 6.07) is 14.6. The van der Waals surface area contributed by atoms with Gasteiger partial charge in [0.15, 0.2) is 0 Å². The number of benzene rings is 2. The number of anilines is 2. The van der Waals surface area contributed by atoms with Crippen LogP contribution in [0.3, 0.4) is 0 Å². The molecule has 0 unspecified atom stereocenters. The van der Waals surface area contributed by atoms with E-state index in [0.29, 0.717) is 36.1 Å². The van der Waals surface area contributed by atoms with E-state index in [4.69, 9.17) is 9.84 Å². The molecular formula is C20H23N3O4. The fraction of sp³-hybridized carbons (Fsp3) is 0.300. The van der Waals surface area contributed by atoms with E-state index in [1.807, 2.05) is 36.4 Å². The van der Waals surface area contributed by atoms with Gasteiger partial charge in [-0.3, -0.25) is 0 Å². The number of carbonyl (C=O) groups excluding carboxylic acids is 1. The number of methoxy groups -OCH3 is 1. The van der Waals surface area contributed by atoms with Gasteiger partial charge in [-0.15, -0.1) is 0 Å². The number of carboxylic acid groups (broad SMARTS) is 1. The van der Waals surface area contributed by atoms with Gasteiger partial charge in [0, 0.05) is 18.8 Å². The van der Waals surface area contributed by atoms with Crippen molar-refractivity contribution in [3.8, 4) is 5.75 Å². The fourth-order valence-corrected chi connectivity index (χ4v) is 3.28. The Bertz CT molecular complexity index is 799. The lowest BCUT2D eigenvalue weighted by molar-refractivity contribution is 0.132. The van der Waals surface area contributed by atoms with Crippen molar-refractivity contribution in [1.82, 2.24) is 4.90 Å². The van der Waals surface area contributed by atoms with Crippen molar-refractivity contribution in [2.24, 2.45) is 0 Å². The number of rotatable bonds is 4. The number of amides is 3. The topological polar surface area (TPSA) is 90.9 Å². The average Bonchev–Trinajstić information content (AvgIpc) is 2.69. The molecule has 0 spiro atoms. The largest absolute Gasteiger partial charge is 0.495 e. The lowest BCUT2D eigenvalue weighted by atomic mass is 9.89. The van der Waals surface area contributed by atoms with Crippen molar-refractivity contribution < 1.29 is 19.4 Å². The molecule has 1 aliphatic heterocycles. The molecule has 0 radical (unpaired) electrons. The van der Waals surface area contributed by atoms with E-state index in [1.54, 1.807) is 19.2 Å². The zero-order chi connectivity index (χ0) is 19.2. The third-order valence-electron chi connectivity index (χ3n) is 4.76. The van der Waals surface area contributed by atoms with Crippen LogP contribution in [-0.4, -0.2) is 42.3 Å². The summed E-state index contributed by atoms with van der Waals surface area (Å²) in [4.78, 5) is 24.6. The van der Waals surface area contributed by atoms with E-state index >= 15 is 0 Å². The zero-order valence-corrected chi connectivity index (χ0v) is 15.1. The summed E-state index contributed by atoms with van der Waals surface area (Å²) in [6.07, 6.45) is 0.773. The molecule has 3 rings (SSSR count). The van der Waals surface area contributed by atoms with Crippen LogP contribution in [0.2, 0.25) is 0 Å². The summed E-state index contributed by atoms with van der Waals surface area (Å²) in [6.45, 7) is 1.11. The summed E-state index contributed by atoms with van der Waals surface area (Å²) in [7, 11) is 1.55. The minimum absolute atomic E-state index is 0.344. The maximum atomic E-state index is 12.2. The molecular weight excluding hydrogens is 346 g/mol. The lowest BCUT2D eigenvalue weighted by Gasteiger charge is -2.30. The minimum Gasteiger partial charge on any atom is -0.495 e. The lowest BCUT2D eigenvalue weighted by Crippen LogP contribution is -2.36. The van der Waals surface area contributed by atoms with Crippen molar-refractivity contribution >= 4 is 23.5 Å². The van der Waals surface area contributed by atoms with Crippen LogP contribution in [0.25, 0.3) is 0 Å². The van der Waals surface area contributed by atoms with Crippen LogP contribution >= 0.6 is 0 Å². The first kappa shape index (κ1) is 18.6. The van der Waals surface area contributed by atoms with Crippen LogP contribution in [-0.2, 0) is 0 Å². The summed E-state index contributed by atoms with van der Waals surface area (Å²) in [5.74, 6) is 0.938. The number of hydrogen-bond donors (Lipinski definition) is 3. The molecule has 27 heavy (non-hydrogen) atoms. The zero-order valence-electron chi connectivity index (χ0n) is 15.1. The van der Waals surface area contributed by atoms with Crippen molar-refractivity contribution in [3.05, 3.63) is 54.1 Å². The highest BCUT2D eigenvalue weighted by Gasteiger charge is 2.23. The molecule has 1 heterocycles. The van der Waals surface area contributed by atoms with Crippen LogP contribution in [0.15, 0.2) is 48.5 Å². The monoisotopic (exact) mass is 369 g/mol. The van der Waals surface area contributed by atoms with Gasteiger partial charge in [0.25, 0.3) is 0 Å². The summed E-state index contributed by atoms with van der Waals surface area (Å²) < 4.78 is 5.22. The van der Waals surface area contributed by atoms with Gasteiger partial charge >= 0.3 is 12.1 Å². The van der Waals surface area contributed by atoms with Crippen molar-refractivity contribution in [1.29, 1.82) is 0 Å². The molecule has 2 aromatic rings. The van der Waals surface area contributed by atoms with E-state index < -0.39 is 6.09 Å². The molecule has 1 fully saturated rings. The normalized spacial score (nSPS) is 14.5. The van der Waals surface area contributed by atoms with Gasteiger partial charge in [-0.2, -0.15) is 0 Å². The summed E-state index contributed by atoms with van der Waals surface area (Å²) in [5, 5.41) is 14.6. The first-order valence-electron chi connectivity index (χ1n) is 8.85. The molecule has 0 atom stereocenters. The molecule has 2 aromatic carbocycles. The van der Waals surface area contributed by atoms with Gasteiger partial charge in [0.05, 0.1) is 12.8 Å². The highest BCUT2D eigenvalue weighted by atomic mass is 16.5. The predicted octanol–water partition coefficient (Wildman–Crippen LogP) is 4.20. The Balaban J connectivity index is 1.56. The van der Waals surface area contributed by atoms with E-state index in [9.17, 15) is 9.59 Å². The average molecular weight is 369 g/mol. The number of hydrogen-bond acceptors (Lipinski definition) is 3. The summed E-state index contributed by atoms with van der Waals surface area (Å²) in [5.41, 5.74) is 2.45. The fourth-order valence-electron chi connectivity index (χ4n) is 3.28. The SMILES string of the molecule is COc1ccccc1NC(=O)Nc1ccc(C2CCN(C(=O)O)CC2)cc1. The van der Waals surface area contributed by atoms with Gasteiger partial charge in [-0.25, -0.2) is 9.59 Å². The van der Waals surface area contributed by atoms with E-state index in [0.717, 1.165) is 18.4 Å². The van der Waals surface area contributed by atoms with Crippen molar-refractivity contribution in [3.63, 3.8) is 0 Å².